The number of aliphatic imine (C=N–C) groups is 1. The number of benzene rings is 1. The van der Waals surface area contributed by atoms with Crippen molar-refractivity contribution in [2.45, 2.75) is 19.8 Å². The van der Waals surface area contributed by atoms with Crippen molar-refractivity contribution < 1.29 is 0 Å². The van der Waals surface area contributed by atoms with Crippen molar-refractivity contribution in [3.05, 3.63) is 35.4 Å². The Kier molecular flexibility index (Phi) is 3.97. The molecule has 0 bridgehead atoms. The maximum absolute atomic E-state index is 7.10. The molecule has 6 heteroatoms. The molecule has 0 aliphatic heterocycles. The Bertz CT molecular complexity index is 861. The van der Waals surface area contributed by atoms with Crippen LogP contribution in [0.15, 0.2) is 29.3 Å². The highest BCUT2D eigenvalue weighted by molar-refractivity contribution is 6.04. The molecule has 1 fully saturated rings. The van der Waals surface area contributed by atoms with Gasteiger partial charge in [0.05, 0.1) is 16.8 Å². The minimum absolute atomic E-state index is 0.345. The van der Waals surface area contributed by atoms with Crippen LogP contribution in [0.1, 0.15) is 30.9 Å². The van der Waals surface area contributed by atoms with E-state index < -0.39 is 0 Å². The predicted molar refractivity (Wildman–Crippen MR) is 101 cm³/mol. The maximum Gasteiger partial charge on any atom is 0.135 e. The molecule has 2 aromatic rings. The van der Waals surface area contributed by atoms with Gasteiger partial charge in [0, 0.05) is 30.1 Å². The van der Waals surface area contributed by atoms with Crippen LogP contribution in [0, 0.1) is 10.8 Å². The lowest BCUT2D eigenvalue weighted by Crippen LogP contribution is -2.06. The van der Waals surface area contributed by atoms with Gasteiger partial charge in [-0.1, -0.05) is 19.1 Å². The summed E-state index contributed by atoms with van der Waals surface area (Å²) in [6.07, 6.45) is 6.85. The van der Waals surface area contributed by atoms with Gasteiger partial charge in [-0.25, -0.2) is 4.98 Å². The van der Waals surface area contributed by atoms with E-state index in [1.807, 2.05) is 18.2 Å². The van der Waals surface area contributed by atoms with E-state index >= 15 is 0 Å². The molecule has 0 unspecified atom stereocenters. The van der Waals surface area contributed by atoms with E-state index in [9.17, 15) is 0 Å². The Labute approximate surface area is 141 Å². The van der Waals surface area contributed by atoms with Crippen molar-refractivity contribution in [3.63, 3.8) is 0 Å². The van der Waals surface area contributed by atoms with Crippen molar-refractivity contribution in [1.29, 1.82) is 5.41 Å². The van der Waals surface area contributed by atoms with Crippen LogP contribution in [0.5, 0.6) is 0 Å². The van der Waals surface area contributed by atoms with Crippen molar-refractivity contribution >= 4 is 40.5 Å². The average molecular weight is 322 g/mol. The molecular weight excluding hydrogens is 300 g/mol. The van der Waals surface area contributed by atoms with Gasteiger partial charge < -0.3 is 22.6 Å². The number of nitrogens with two attached hydrogens (primary N) is 3. The average Bonchev–Trinajstić information content (AvgIpc) is 3.28. The van der Waals surface area contributed by atoms with Crippen molar-refractivity contribution in [2.75, 3.05) is 18.0 Å². The minimum atomic E-state index is 0.345. The Morgan fingerprint density at radius 2 is 2.12 bits per heavy atom. The second-order valence-corrected chi connectivity index (χ2v) is 6.63. The molecule has 3 rings (SSSR count). The van der Waals surface area contributed by atoms with E-state index in [0.717, 1.165) is 23.7 Å². The van der Waals surface area contributed by atoms with Gasteiger partial charge in [-0.05, 0) is 36.0 Å². The van der Waals surface area contributed by atoms with E-state index in [-0.39, 0.29) is 0 Å². The van der Waals surface area contributed by atoms with Gasteiger partial charge in [0.1, 0.15) is 5.82 Å². The van der Waals surface area contributed by atoms with Crippen molar-refractivity contribution in [2.24, 2.45) is 16.1 Å². The van der Waals surface area contributed by atoms with E-state index in [1.165, 1.54) is 18.9 Å². The second-order valence-electron chi connectivity index (χ2n) is 6.63. The molecule has 1 aromatic carbocycles. The van der Waals surface area contributed by atoms with Crippen LogP contribution in [-0.4, -0.2) is 24.0 Å². The van der Waals surface area contributed by atoms with E-state index in [0.29, 0.717) is 33.7 Å². The first-order valence-electron chi connectivity index (χ1n) is 7.89. The van der Waals surface area contributed by atoms with Crippen molar-refractivity contribution in [3.8, 4) is 0 Å². The first kappa shape index (κ1) is 16.0. The summed E-state index contributed by atoms with van der Waals surface area (Å²) in [5.74, 6) is 0.358. The van der Waals surface area contributed by atoms with Gasteiger partial charge in [0.2, 0.25) is 0 Å². The third-order valence-corrected chi connectivity index (χ3v) is 4.49. The van der Waals surface area contributed by atoms with E-state index in [2.05, 4.69) is 16.9 Å². The first-order valence-corrected chi connectivity index (χ1v) is 7.89. The van der Waals surface area contributed by atoms with Crippen LogP contribution in [-0.2, 0) is 0 Å². The number of hydrogen-bond acceptors (Lipinski definition) is 6. The normalized spacial score (nSPS) is 16.6. The quantitative estimate of drug-likeness (QED) is 0.631. The molecule has 0 spiro atoms. The lowest BCUT2D eigenvalue weighted by atomic mass is 10.0. The van der Waals surface area contributed by atoms with Gasteiger partial charge in [-0.3, -0.25) is 4.99 Å². The molecule has 124 valence electrons. The fourth-order valence-electron chi connectivity index (χ4n) is 2.56. The summed E-state index contributed by atoms with van der Waals surface area (Å²) >= 11 is 0. The number of nitrogen functional groups attached to an aromatic ring is 2. The molecule has 0 amide bonds. The van der Waals surface area contributed by atoms with Crippen molar-refractivity contribution in [1.82, 2.24) is 4.98 Å². The number of allylic oxidation sites excluding steroid dienone is 1. The topological polar surface area (TPSA) is 127 Å². The van der Waals surface area contributed by atoms with Gasteiger partial charge in [-0.15, -0.1) is 0 Å². The van der Waals surface area contributed by atoms with Gasteiger partial charge in [0.25, 0.3) is 0 Å². The number of anilines is 2. The summed E-state index contributed by atoms with van der Waals surface area (Å²) < 4.78 is 0. The van der Waals surface area contributed by atoms with Gasteiger partial charge in [-0.2, -0.15) is 0 Å². The summed E-state index contributed by atoms with van der Waals surface area (Å²) in [4.78, 5) is 8.93. The van der Waals surface area contributed by atoms with Crippen LogP contribution < -0.4 is 17.2 Å². The molecule has 1 saturated carbocycles. The largest absolute Gasteiger partial charge is 0.398 e. The van der Waals surface area contributed by atoms with Gasteiger partial charge in [0.15, 0.2) is 0 Å². The van der Waals surface area contributed by atoms with Crippen LogP contribution in [0.25, 0.3) is 16.6 Å². The minimum Gasteiger partial charge on any atom is -0.398 e. The third-order valence-electron chi connectivity index (χ3n) is 4.49. The molecule has 1 aliphatic carbocycles. The highest BCUT2D eigenvalue weighted by atomic mass is 14.9. The fourth-order valence-corrected chi connectivity index (χ4v) is 2.56. The summed E-state index contributed by atoms with van der Waals surface area (Å²) in [6, 6.07) is 5.55. The SMILES string of the molecule is CC1(CN=Cc2c(N)nc3cc(/C(N)=C/C=N)ccc3c2N)CC1. The zero-order valence-corrected chi connectivity index (χ0v) is 13.7. The first-order chi connectivity index (χ1) is 11.4. The molecule has 0 radical (unpaired) electrons. The molecule has 0 atom stereocenters. The number of rotatable bonds is 5. The highest BCUT2D eigenvalue weighted by Gasteiger charge is 2.36. The number of pyridine rings is 1. The van der Waals surface area contributed by atoms with Crippen LogP contribution in [0.3, 0.4) is 0 Å². The standard InChI is InChI=1S/C18H22N6/c1-18(5-6-18)10-23-9-13-16(21)12-3-2-11(14(20)4-7-19)8-15(12)24-17(13)22/h2-4,7-9,19H,5-6,10,20H2,1H3,(H4,21,22,24)/b14-4-,19-7?,23-9?. The molecule has 1 aliphatic rings. The fraction of sp³-hybridized carbons (Fsp3) is 0.278. The molecule has 1 aromatic heterocycles. The smallest absolute Gasteiger partial charge is 0.135 e. The molecule has 1 heterocycles. The Hall–Kier alpha value is -2.89. The van der Waals surface area contributed by atoms with E-state index in [4.69, 9.17) is 22.6 Å². The second kappa shape index (κ2) is 5.96. The molecule has 6 nitrogen and oxygen atoms in total. The summed E-state index contributed by atoms with van der Waals surface area (Å²) in [7, 11) is 0. The lowest BCUT2D eigenvalue weighted by Gasteiger charge is -2.10. The Morgan fingerprint density at radius 1 is 1.38 bits per heavy atom. The van der Waals surface area contributed by atoms with Crippen LogP contribution in [0.4, 0.5) is 11.5 Å². The monoisotopic (exact) mass is 322 g/mol. The zero-order chi connectivity index (χ0) is 17.3. The zero-order valence-electron chi connectivity index (χ0n) is 13.7. The highest BCUT2D eigenvalue weighted by Crippen LogP contribution is 2.45. The number of fused-ring (bicyclic) bond motifs is 1. The summed E-state index contributed by atoms with van der Waals surface area (Å²) in [5.41, 5.74) is 21.8. The lowest BCUT2D eigenvalue weighted by molar-refractivity contribution is 0.591. The van der Waals surface area contributed by atoms with E-state index in [1.54, 1.807) is 6.21 Å². The Morgan fingerprint density at radius 3 is 2.79 bits per heavy atom. The third kappa shape index (κ3) is 3.08. The molecule has 7 N–H and O–H groups in total. The summed E-state index contributed by atoms with van der Waals surface area (Å²) in [6.45, 7) is 3.01. The predicted octanol–water partition coefficient (Wildman–Crippen LogP) is 2.57. The molecule has 0 saturated heterocycles. The number of aromatic nitrogens is 1. The molecule has 24 heavy (non-hydrogen) atoms. The van der Waals surface area contributed by atoms with Gasteiger partial charge >= 0.3 is 0 Å². The van der Waals surface area contributed by atoms with Crippen LogP contribution >= 0.6 is 0 Å². The number of hydrogen-bond donors (Lipinski definition) is 4. The molecular formula is C18H22N6. The van der Waals surface area contributed by atoms with Crippen LogP contribution in [0.2, 0.25) is 0 Å². The number of nitrogens with zero attached hydrogens (tertiary/aromatic N) is 2. The summed E-state index contributed by atoms with van der Waals surface area (Å²) in [5, 5.41) is 7.92. The Balaban J connectivity index is 1.99. The number of nitrogens with one attached hydrogen (secondary N) is 1. The maximum atomic E-state index is 7.10.